The van der Waals surface area contributed by atoms with E-state index in [0.717, 1.165) is 64.1 Å². The Labute approximate surface area is 218 Å². The Morgan fingerprint density at radius 1 is 0.514 bits per heavy atom. The fourth-order valence-electron chi connectivity index (χ4n) is 4.88. The molecule has 0 unspecified atom stereocenters. The second-order valence-corrected chi connectivity index (χ2v) is 10.2. The molecule has 0 amide bonds. The third-order valence-corrected chi connectivity index (χ3v) is 7.21. The molecule has 3 aromatic rings. The zero-order valence-corrected chi connectivity index (χ0v) is 22.8. The molecule has 0 N–H and O–H groups in total. The van der Waals surface area contributed by atoms with Crippen molar-refractivity contribution in [3.8, 4) is 11.5 Å². The predicted octanol–water partition coefficient (Wildman–Crippen LogP) is 10.9. The van der Waals surface area contributed by atoms with E-state index in [9.17, 15) is 0 Å². The van der Waals surface area contributed by atoms with Gasteiger partial charge in [0.25, 0.3) is 0 Å². The average Bonchev–Trinajstić information content (AvgIpc) is 2.88. The summed E-state index contributed by atoms with van der Waals surface area (Å²) in [6, 6.07) is 14.5. The number of hydrogen-bond acceptors (Lipinski definition) is 2. The number of fused-ring (bicyclic) bond motifs is 2. The molecule has 0 atom stereocenters. The van der Waals surface area contributed by atoms with Gasteiger partial charge in [-0.2, -0.15) is 0 Å². The summed E-state index contributed by atoms with van der Waals surface area (Å²) in [4.78, 5) is 0. The second kappa shape index (κ2) is 15.9. The summed E-state index contributed by atoms with van der Waals surface area (Å²) in [6.45, 7) is 5.98. The number of benzene rings is 3. The zero-order chi connectivity index (χ0) is 24.7. The average molecular weight is 497 g/mol. The largest absolute Gasteiger partial charge is 0.492 e. The van der Waals surface area contributed by atoms with E-state index in [1.807, 2.05) is 12.1 Å². The summed E-state index contributed by atoms with van der Waals surface area (Å²) in [6.07, 6.45) is 17.8. The van der Waals surface area contributed by atoms with Gasteiger partial charge in [-0.1, -0.05) is 139 Å². The van der Waals surface area contributed by atoms with Crippen molar-refractivity contribution in [1.82, 2.24) is 0 Å². The molecule has 192 valence electrons. The van der Waals surface area contributed by atoms with E-state index in [0.29, 0.717) is 0 Å². The van der Waals surface area contributed by atoms with Crippen LogP contribution in [0.3, 0.4) is 0 Å². The van der Waals surface area contributed by atoms with Gasteiger partial charge in [-0.05, 0) is 18.9 Å². The highest BCUT2D eigenvalue weighted by molar-refractivity contribution is 6.37. The molecule has 0 aromatic heterocycles. The third-order valence-electron chi connectivity index (χ3n) is 6.89. The molecule has 0 heterocycles. The molecule has 0 fully saturated rings. The van der Waals surface area contributed by atoms with Crippen molar-refractivity contribution in [1.29, 1.82) is 0 Å². The number of unbranched alkanes of at least 4 members (excludes halogenated alkanes) is 12. The molecule has 3 aromatic carbocycles. The maximum absolute atomic E-state index is 6.75. The van der Waals surface area contributed by atoms with Crippen LogP contribution in [0.4, 0.5) is 0 Å². The van der Waals surface area contributed by atoms with Crippen LogP contribution < -0.4 is 9.47 Å². The maximum Gasteiger partial charge on any atom is 0.136 e. The van der Waals surface area contributed by atoms with Gasteiger partial charge in [-0.3, -0.25) is 0 Å². The third kappa shape index (κ3) is 8.31. The molecular formula is C32H45ClO2. The number of rotatable bonds is 18. The van der Waals surface area contributed by atoms with Gasteiger partial charge in [-0.25, -0.2) is 0 Å². The number of hydrogen-bond donors (Lipinski definition) is 0. The molecule has 3 heteroatoms. The monoisotopic (exact) mass is 496 g/mol. The first kappa shape index (κ1) is 27.7. The molecule has 0 saturated heterocycles. The molecule has 2 nitrogen and oxygen atoms in total. The maximum atomic E-state index is 6.75. The summed E-state index contributed by atoms with van der Waals surface area (Å²) in [5.41, 5.74) is 0. The van der Waals surface area contributed by atoms with Crippen molar-refractivity contribution >= 4 is 33.1 Å². The summed E-state index contributed by atoms with van der Waals surface area (Å²) >= 11 is 6.75. The van der Waals surface area contributed by atoms with Gasteiger partial charge in [-0.15, -0.1) is 0 Å². The van der Waals surface area contributed by atoms with Crippen molar-refractivity contribution in [2.45, 2.75) is 104 Å². The quantitative estimate of drug-likeness (QED) is 0.129. The van der Waals surface area contributed by atoms with E-state index in [4.69, 9.17) is 21.1 Å². The van der Waals surface area contributed by atoms with E-state index in [1.165, 1.54) is 77.0 Å². The van der Waals surface area contributed by atoms with Crippen molar-refractivity contribution in [3.63, 3.8) is 0 Å². The van der Waals surface area contributed by atoms with Gasteiger partial charge in [0.05, 0.1) is 18.2 Å². The van der Waals surface area contributed by atoms with E-state index < -0.39 is 0 Å². The lowest BCUT2D eigenvalue weighted by molar-refractivity contribution is 0.306. The minimum absolute atomic E-state index is 0.719. The van der Waals surface area contributed by atoms with Gasteiger partial charge in [0.1, 0.15) is 11.5 Å². The molecule has 0 spiro atoms. The fourth-order valence-corrected chi connectivity index (χ4v) is 5.14. The Morgan fingerprint density at radius 3 is 1.54 bits per heavy atom. The second-order valence-electron chi connectivity index (χ2n) is 9.81. The molecule has 0 aliphatic heterocycles. The van der Waals surface area contributed by atoms with Gasteiger partial charge in [0, 0.05) is 21.5 Å². The Hall–Kier alpha value is -1.93. The standard InChI is InChI=1S/C32H45ClO2/c1-3-5-7-9-11-13-17-24-34-31-26-20-15-16-21-27(26)32(30-28(31)22-19-23-29(30)33)35-25-18-14-12-10-8-6-4-2/h15-16,19-23H,3-14,17-18,24-25H2,1-2H3. The summed E-state index contributed by atoms with van der Waals surface area (Å²) < 4.78 is 12.9. The molecule has 0 radical (unpaired) electrons. The van der Waals surface area contributed by atoms with Crippen LogP contribution in [-0.2, 0) is 0 Å². The van der Waals surface area contributed by atoms with Gasteiger partial charge in [0.2, 0.25) is 0 Å². The first-order valence-corrected chi connectivity index (χ1v) is 14.5. The fraction of sp³-hybridized carbons (Fsp3) is 0.562. The van der Waals surface area contributed by atoms with Crippen LogP contribution in [0, 0.1) is 0 Å². The Balaban J connectivity index is 1.70. The van der Waals surface area contributed by atoms with E-state index in [2.05, 4.69) is 44.2 Å². The van der Waals surface area contributed by atoms with Gasteiger partial charge >= 0.3 is 0 Å². The van der Waals surface area contributed by atoms with Crippen LogP contribution in [0.25, 0.3) is 21.5 Å². The Kier molecular flexibility index (Phi) is 12.6. The molecule has 0 aliphatic rings. The Morgan fingerprint density at radius 2 is 0.971 bits per heavy atom. The smallest absolute Gasteiger partial charge is 0.136 e. The highest BCUT2D eigenvalue weighted by Crippen LogP contribution is 2.45. The molecule has 0 saturated carbocycles. The number of ether oxygens (including phenoxy) is 2. The summed E-state index contributed by atoms with van der Waals surface area (Å²) in [5.74, 6) is 1.84. The lowest BCUT2D eigenvalue weighted by atomic mass is 10.0. The van der Waals surface area contributed by atoms with Crippen molar-refractivity contribution in [3.05, 3.63) is 47.5 Å². The minimum Gasteiger partial charge on any atom is -0.492 e. The lowest BCUT2D eigenvalue weighted by Crippen LogP contribution is -2.02. The minimum atomic E-state index is 0.719. The molecular weight excluding hydrogens is 452 g/mol. The lowest BCUT2D eigenvalue weighted by Gasteiger charge is -2.18. The van der Waals surface area contributed by atoms with Crippen molar-refractivity contribution in [2.24, 2.45) is 0 Å². The van der Waals surface area contributed by atoms with Crippen LogP contribution in [0.15, 0.2) is 42.5 Å². The van der Waals surface area contributed by atoms with E-state index in [1.54, 1.807) is 0 Å². The van der Waals surface area contributed by atoms with Crippen LogP contribution in [0.2, 0.25) is 5.02 Å². The van der Waals surface area contributed by atoms with Gasteiger partial charge in [0.15, 0.2) is 0 Å². The molecule has 3 rings (SSSR count). The molecule has 0 bridgehead atoms. The predicted molar refractivity (Wildman–Crippen MR) is 153 cm³/mol. The van der Waals surface area contributed by atoms with E-state index in [-0.39, 0.29) is 0 Å². The Bertz CT molecular complexity index is 1010. The highest BCUT2D eigenvalue weighted by Gasteiger charge is 2.18. The van der Waals surface area contributed by atoms with Crippen molar-refractivity contribution in [2.75, 3.05) is 13.2 Å². The van der Waals surface area contributed by atoms with Crippen LogP contribution in [-0.4, -0.2) is 13.2 Å². The number of halogens is 1. The first-order valence-electron chi connectivity index (χ1n) is 14.2. The van der Waals surface area contributed by atoms with Crippen LogP contribution in [0.1, 0.15) is 104 Å². The normalized spacial score (nSPS) is 11.4. The highest BCUT2D eigenvalue weighted by atomic mass is 35.5. The van der Waals surface area contributed by atoms with Gasteiger partial charge < -0.3 is 9.47 Å². The van der Waals surface area contributed by atoms with Crippen molar-refractivity contribution < 1.29 is 9.47 Å². The summed E-state index contributed by atoms with van der Waals surface area (Å²) in [5, 5.41) is 4.95. The van der Waals surface area contributed by atoms with Crippen LogP contribution in [0.5, 0.6) is 11.5 Å². The molecule has 35 heavy (non-hydrogen) atoms. The zero-order valence-electron chi connectivity index (χ0n) is 22.0. The van der Waals surface area contributed by atoms with Crippen LogP contribution >= 0.6 is 11.6 Å². The first-order chi connectivity index (χ1) is 17.3. The SMILES string of the molecule is CCCCCCCCCOc1c2ccccc2c(OCCCCCCCCC)c2c(Cl)cccc12. The summed E-state index contributed by atoms with van der Waals surface area (Å²) in [7, 11) is 0. The molecule has 0 aliphatic carbocycles. The van der Waals surface area contributed by atoms with E-state index >= 15 is 0 Å². The topological polar surface area (TPSA) is 18.5 Å².